The van der Waals surface area contributed by atoms with Gasteiger partial charge in [0.15, 0.2) is 17.5 Å². The Morgan fingerprint density at radius 3 is 1.71 bits per heavy atom. The van der Waals surface area contributed by atoms with Crippen molar-refractivity contribution in [2.24, 2.45) is 0 Å². The Bertz CT molecular complexity index is 1040. The van der Waals surface area contributed by atoms with Crippen LogP contribution in [0.25, 0.3) is 0 Å². The minimum Gasteiger partial charge on any atom is -0.322 e. The maximum absolute atomic E-state index is 13.6. The summed E-state index contributed by atoms with van der Waals surface area (Å²) in [6, 6.07) is 12.1. The van der Waals surface area contributed by atoms with Crippen molar-refractivity contribution in [3.63, 3.8) is 0 Å². The fraction of sp³-hybridized carbons (Fsp3) is 0. The quantitative estimate of drug-likeness (QED) is 0.501. The number of hydrogen-bond donors (Lipinski definition) is 2. The molecule has 0 atom stereocenters. The van der Waals surface area contributed by atoms with Crippen LogP contribution in [0.4, 0.5) is 28.9 Å². The molecule has 0 aliphatic rings. The largest absolute Gasteiger partial charge is 0.322 e. The Morgan fingerprint density at radius 2 is 1.14 bits per heavy atom. The van der Waals surface area contributed by atoms with Crippen LogP contribution in [0.5, 0.6) is 0 Å². The Hall–Kier alpha value is -3.68. The van der Waals surface area contributed by atoms with E-state index in [1.54, 1.807) is 0 Å². The maximum atomic E-state index is 13.6. The number of hydrogen-bond acceptors (Lipinski definition) is 2. The molecule has 2 N–H and O–H groups in total. The van der Waals surface area contributed by atoms with Gasteiger partial charge in [-0.05, 0) is 60.7 Å². The second-order valence-corrected chi connectivity index (χ2v) is 5.72. The van der Waals surface area contributed by atoms with Gasteiger partial charge in [-0.25, -0.2) is 17.6 Å². The molecule has 0 saturated heterocycles. The molecule has 0 aliphatic heterocycles. The number of nitrogens with one attached hydrogen (secondary N) is 2. The summed E-state index contributed by atoms with van der Waals surface area (Å²) in [5, 5.41) is 4.69. The monoisotopic (exact) mass is 388 g/mol. The van der Waals surface area contributed by atoms with Crippen LogP contribution < -0.4 is 10.6 Å². The third kappa shape index (κ3) is 4.17. The second kappa shape index (κ2) is 7.91. The molecular weight excluding hydrogens is 376 g/mol. The molecule has 8 heteroatoms. The molecular formula is C20H12F4N2O2. The van der Waals surface area contributed by atoms with Crippen molar-refractivity contribution < 1.29 is 27.2 Å². The molecule has 0 aromatic heterocycles. The van der Waals surface area contributed by atoms with E-state index in [0.29, 0.717) is 11.8 Å². The Labute approximate surface area is 156 Å². The van der Waals surface area contributed by atoms with Gasteiger partial charge in [-0.1, -0.05) is 0 Å². The van der Waals surface area contributed by atoms with Gasteiger partial charge >= 0.3 is 0 Å². The van der Waals surface area contributed by atoms with E-state index in [1.165, 1.54) is 48.5 Å². The lowest BCUT2D eigenvalue weighted by Crippen LogP contribution is -2.15. The highest BCUT2D eigenvalue weighted by Gasteiger charge is 2.16. The first-order valence-corrected chi connectivity index (χ1v) is 7.97. The van der Waals surface area contributed by atoms with Crippen LogP contribution >= 0.6 is 0 Å². The van der Waals surface area contributed by atoms with E-state index < -0.39 is 40.8 Å². The maximum Gasteiger partial charge on any atom is 0.255 e. The van der Waals surface area contributed by atoms with E-state index >= 15 is 0 Å². The molecule has 2 amide bonds. The van der Waals surface area contributed by atoms with Gasteiger partial charge in [-0.2, -0.15) is 0 Å². The van der Waals surface area contributed by atoms with Gasteiger partial charge in [0.25, 0.3) is 11.8 Å². The zero-order chi connectivity index (χ0) is 20.3. The molecule has 0 fully saturated rings. The number of carbonyl (C=O) groups is 2. The number of amides is 2. The first-order chi connectivity index (χ1) is 13.3. The van der Waals surface area contributed by atoms with Gasteiger partial charge in [0.1, 0.15) is 5.82 Å². The van der Waals surface area contributed by atoms with Crippen LogP contribution in [0.15, 0.2) is 60.7 Å². The summed E-state index contributed by atoms with van der Waals surface area (Å²) >= 11 is 0. The van der Waals surface area contributed by atoms with Gasteiger partial charge in [0.05, 0.1) is 5.69 Å². The van der Waals surface area contributed by atoms with Crippen LogP contribution in [0.3, 0.4) is 0 Å². The summed E-state index contributed by atoms with van der Waals surface area (Å²) in [5.41, 5.74) is 0.173. The predicted octanol–water partition coefficient (Wildman–Crippen LogP) is 4.75. The highest BCUT2D eigenvalue weighted by Crippen LogP contribution is 2.20. The molecule has 0 unspecified atom stereocenters. The summed E-state index contributed by atoms with van der Waals surface area (Å²) in [4.78, 5) is 24.3. The number of carbonyl (C=O) groups excluding carboxylic acids is 2. The Balaban J connectivity index is 1.69. The zero-order valence-corrected chi connectivity index (χ0v) is 14.1. The van der Waals surface area contributed by atoms with Crippen LogP contribution in [-0.4, -0.2) is 11.8 Å². The average molecular weight is 388 g/mol. The van der Waals surface area contributed by atoms with E-state index in [0.717, 1.165) is 6.07 Å². The molecule has 0 aliphatic carbocycles. The molecule has 28 heavy (non-hydrogen) atoms. The lowest BCUT2D eigenvalue weighted by Gasteiger charge is -2.08. The number of anilines is 2. The molecule has 3 aromatic rings. The molecule has 0 bridgehead atoms. The summed E-state index contributed by atoms with van der Waals surface area (Å²) < 4.78 is 52.7. The number of rotatable bonds is 4. The van der Waals surface area contributed by atoms with Crippen molar-refractivity contribution in [2.45, 2.75) is 0 Å². The van der Waals surface area contributed by atoms with Crippen LogP contribution in [0.2, 0.25) is 0 Å². The second-order valence-electron chi connectivity index (χ2n) is 5.72. The SMILES string of the molecule is O=C(Nc1ccc(F)cc1)c1ccc(C(=O)Nc2ccc(F)c(F)c2F)cc1. The summed E-state index contributed by atoms with van der Waals surface area (Å²) in [6.45, 7) is 0. The topological polar surface area (TPSA) is 58.2 Å². The standard InChI is InChI=1S/C20H12F4N2O2/c21-13-5-7-14(8-6-13)25-19(27)11-1-3-12(4-2-11)20(28)26-16-10-9-15(22)17(23)18(16)24/h1-10H,(H,25,27)(H,26,28). The minimum absolute atomic E-state index is 0.0717. The molecule has 0 spiro atoms. The van der Waals surface area contributed by atoms with E-state index in [1.807, 2.05) is 0 Å². The third-order valence-corrected chi connectivity index (χ3v) is 3.79. The molecule has 0 saturated carbocycles. The lowest BCUT2D eigenvalue weighted by atomic mass is 10.1. The average Bonchev–Trinajstić information content (AvgIpc) is 2.70. The molecule has 0 heterocycles. The van der Waals surface area contributed by atoms with E-state index in [4.69, 9.17) is 0 Å². The molecule has 142 valence electrons. The highest BCUT2D eigenvalue weighted by molar-refractivity contribution is 6.07. The number of benzene rings is 3. The zero-order valence-electron chi connectivity index (χ0n) is 14.1. The van der Waals surface area contributed by atoms with Crippen molar-refractivity contribution in [1.29, 1.82) is 0 Å². The number of halogens is 4. The van der Waals surface area contributed by atoms with Crippen LogP contribution in [-0.2, 0) is 0 Å². The summed E-state index contributed by atoms with van der Waals surface area (Å²) in [7, 11) is 0. The van der Waals surface area contributed by atoms with Gasteiger partial charge in [-0.15, -0.1) is 0 Å². The first kappa shape index (κ1) is 19.1. The van der Waals surface area contributed by atoms with Gasteiger partial charge in [0.2, 0.25) is 0 Å². The van der Waals surface area contributed by atoms with Crippen molar-refractivity contribution in [3.8, 4) is 0 Å². The van der Waals surface area contributed by atoms with Crippen molar-refractivity contribution >= 4 is 23.2 Å². The van der Waals surface area contributed by atoms with Crippen molar-refractivity contribution in [2.75, 3.05) is 10.6 Å². The third-order valence-electron chi connectivity index (χ3n) is 3.79. The smallest absolute Gasteiger partial charge is 0.255 e. The molecule has 0 radical (unpaired) electrons. The molecule has 4 nitrogen and oxygen atoms in total. The summed E-state index contributed by atoms with van der Waals surface area (Å²) in [6.07, 6.45) is 0. The van der Waals surface area contributed by atoms with Gasteiger partial charge < -0.3 is 10.6 Å². The van der Waals surface area contributed by atoms with E-state index in [2.05, 4.69) is 10.6 Å². The van der Waals surface area contributed by atoms with Crippen molar-refractivity contribution in [1.82, 2.24) is 0 Å². The van der Waals surface area contributed by atoms with E-state index in [-0.39, 0.29) is 11.1 Å². The molecule has 3 aromatic carbocycles. The summed E-state index contributed by atoms with van der Waals surface area (Å²) in [5.74, 6) is -6.26. The van der Waals surface area contributed by atoms with Gasteiger partial charge in [0, 0.05) is 16.8 Å². The fourth-order valence-corrected chi connectivity index (χ4v) is 2.33. The van der Waals surface area contributed by atoms with E-state index in [9.17, 15) is 27.2 Å². The van der Waals surface area contributed by atoms with Gasteiger partial charge in [-0.3, -0.25) is 9.59 Å². The Kier molecular flexibility index (Phi) is 5.39. The lowest BCUT2D eigenvalue weighted by molar-refractivity contribution is 0.101. The van der Waals surface area contributed by atoms with Crippen LogP contribution in [0.1, 0.15) is 20.7 Å². The Morgan fingerprint density at radius 1 is 0.607 bits per heavy atom. The first-order valence-electron chi connectivity index (χ1n) is 7.97. The minimum atomic E-state index is -1.69. The molecule has 3 rings (SSSR count). The van der Waals surface area contributed by atoms with Crippen LogP contribution in [0, 0.1) is 23.3 Å². The fourth-order valence-electron chi connectivity index (χ4n) is 2.33. The predicted molar refractivity (Wildman–Crippen MR) is 95.1 cm³/mol. The van der Waals surface area contributed by atoms with Crippen molar-refractivity contribution in [3.05, 3.63) is 95.1 Å². The highest BCUT2D eigenvalue weighted by atomic mass is 19.2. The normalized spacial score (nSPS) is 10.4.